The molecule has 2 aliphatic heterocycles. The van der Waals surface area contributed by atoms with E-state index >= 15 is 0 Å². The number of morpholine rings is 2. The number of aliphatic carboxylic acids is 1. The average molecular weight is 647 g/mol. The maximum atomic E-state index is 11.6. The van der Waals surface area contributed by atoms with E-state index in [9.17, 15) is 19.2 Å². The van der Waals surface area contributed by atoms with Gasteiger partial charge in [-0.15, -0.1) is 0 Å². The highest BCUT2D eigenvalue weighted by Crippen LogP contribution is 2.13. The van der Waals surface area contributed by atoms with Crippen molar-refractivity contribution in [1.82, 2.24) is 20.4 Å². The van der Waals surface area contributed by atoms with Crippen LogP contribution in [0, 0.1) is 10.8 Å². The van der Waals surface area contributed by atoms with Gasteiger partial charge in [0.2, 0.25) is 11.8 Å². The maximum Gasteiger partial charge on any atom is 0.305 e. The summed E-state index contributed by atoms with van der Waals surface area (Å²) in [5, 5.41) is 22.4. The van der Waals surface area contributed by atoms with Crippen molar-refractivity contribution in [3.8, 4) is 0 Å². The van der Waals surface area contributed by atoms with Crippen molar-refractivity contribution in [2.45, 2.75) is 80.1 Å². The Labute approximate surface area is 270 Å². The highest BCUT2D eigenvalue weighted by atomic mass is 16.5. The Balaban J connectivity index is 0.000000712. The lowest BCUT2D eigenvalue weighted by Gasteiger charge is -2.26. The monoisotopic (exact) mass is 646 g/mol. The molecular weight excluding hydrogens is 584 g/mol. The standard InChI is InChI=1S/C16H30N2O4.C9H17NO3.C7H15NO2/c1-16(2,3)15(20)17-7-4-6-14(19)22-11-5-8-18-9-12-21-13-10-18;1-9(2,3)8(13)10-6-4-5-7(11)12;9-5-1-2-8-3-6-10-7-4-8/h4-13H2,1-3H3,(H,17,20);4-6H2,1-3H3,(H,10,13)(H,11,12);9H,1-7H2. The number of hydrogen-bond acceptors (Lipinski definition) is 10. The van der Waals surface area contributed by atoms with Gasteiger partial charge in [-0.3, -0.25) is 29.0 Å². The van der Waals surface area contributed by atoms with Crippen LogP contribution in [0.4, 0.5) is 0 Å². The molecule has 0 aromatic carbocycles. The van der Waals surface area contributed by atoms with Crippen LogP contribution >= 0.6 is 0 Å². The molecular formula is C32H62N4O9. The molecule has 0 saturated carbocycles. The third kappa shape index (κ3) is 25.6. The van der Waals surface area contributed by atoms with Gasteiger partial charge in [-0.2, -0.15) is 0 Å². The molecule has 0 aliphatic carbocycles. The van der Waals surface area contributed by atoms with Crippen LogP contribution < -0.4 is 10.6 Å². The van der Waals surface area contributed by atoms with E-state index in [2.05, 4.69) is 20.4 Å². The molecule has 2 rings (SSSR count). The molecule has 0 radical (unpaired) electrons. The lowest BCUT2D eigenvalue weighted by atomic mass is 9.96. The highest BCUT2D eigenvalue weighted by molar-refractivity contribution is 5.81. The summed E-state index contributed by atoms with van der Waals surface area (Å²) in [5.41, 5.74) is -0.788. The fourth-order valence-corrected chi connectivity index (χ4v) is 3.90. The van der Waals surface area contributed by atoms with Crippen LogP contribution in [-0.4, -0.2) is 136 Å². The number of amides is 2. The Bertz CT molecular complexity index is 816. The number of hydrogen-bond donors (Lipinski definition) is 4. The number of esters is 1. The van der Waals surface area contributed by atoms with E-state index in [-0.39, 0.29) is 29.6 Å². The predicted octanol–water partition coefficient (Wildman–Crippen LogP) is 1.91. The van der Waals surface area contributed by atoms with Crippen molar-refractivity contribution in [3.05, 3.63) is 0 Å². The number of carboxylic acid groups (broad SMARTS) is 1. The van der Waals surface area contributed by atoms with Gasteiger partial charge in [0.25, 0.3) is 0 Å². The van der Waals surface area contributed by atoms with E-state index < -0.39 is 11.4 Å². The zero-order valence-corrected chi connectivity index (χ0v) is 28.8. The summed E-state index contributed by atoms with van der Waals surface area (Å²) >= 11 is 0. The normalized spacial score (nSPS) is 15.9. The highest BCUT2D eigenvalue weighted by Gasteiger charge is 2.21. The van der Waals surface area contributed by atoms with Gasteiger partial charge in [0.1, 0.15) is 0 Å². The number of ether oxygens (including phenoxy) is 3. The number of aliphatic hydroxyl groups is 1. The molecule has 0 aromatic rings. The summed E-state index contributed by atoms with van der Waals surface area (Å²) in [6.07, 6.45) is 3.29. The summed E-state index contributed by atoms with van der Waals surface area (Å²) in [5.74, 6) is -1.05. The summed E-state index contributed by atoms with van der Waals surface area (Å²) in [6.45, 7) is 22.0. The van der Waals surface area contributed by atoms with Gasteiger partial charge in [0.15, 0.2) is 0 Å². The predicted molar refractivity (Wildman–Crippen MR) is 173 cm³/mol. The minimum absolute atomic E-state index is 0.00591. The average Bonchev–Trinajstić information content (AvgIpc) is 2.99. The van der Waals surface area contributed by atoms with E-state index in [4.69, 9.17) is 24.4 Å². The quantitative estimate of drug-likeness (QED) is 0.152. The largest absolute Gasteiger partial charge is 0.481 e. The van der Waals surface area contributed by atoms with Crippen molar-refractivity contribution in [3.63, 3.8) is 0 Å². The zero-order chi connectivity index (χ0) is 34.1. The number of carbonyl (C=O) groups is 4. The molecule has 2 heterocycles. The van der Waals surface area contributed by atoms with Gasteiger partial charge in [-0.1, -0.05) is 41.5 Å². The van der Waals surface area contributed by atoms with Gasteiger partial charge in [-0.25, -0.2) is 0 Å². The number of nitrogens with zero attached hydrogens (tertiary/aromatic N) is 2. The van der Waals surface area contributed by atoms with Crippen molar-refractivity contribution in [1.29, 1.82) is 0 Å². The smallest absolute Gasteiger partial charge is 0.305 e. The number of carboxylic acids is 1. The number of aliphatic hydroxyl groups excluding tert-OH is 1. The van der Waals surface area contributed by atoms with Crippen molar-refractivity contribution < 1.29 is 43.6 Å². The Morgan fingerprint density at radius 1 is 0.689 bits per heavy atom. The van der Waals surface area contributed by atoms with Crippen molar-refractivity contribution in [2.75, 3.05) is 92.0 Å². The molecule has 264 valence electrons. The zero-order valence-electron chi connectivity index (χ0n) is 28.8. The minimum atomic E-state index is -0.829. The Morgan fingerprint density at radius 2 is 1.11 bits per heavy atom. The molecule has 2 amide bonds. The summed E-state index contributed by atoms with van der Waals surface area (Å²) in [7, 11) is 0. The summed E-state index contributed by atoms with van der Waals surface area (Å²) < 4.78 is 15.7. The molecule has 2 fully saturated rings. The SMILES string of the molecule is CC(C)(C)C(=O)NCCCC(=O)O.CC(C)(C)C(=O)NCCCC(=O)OCCCN1CCOCC1.OCCCN1CCOCC1. The first kappa shape index (κ1) is 42.7. The second-order valence-corrected chi connectivity index (χ2v) is 13.2. The van der Waals surface area contributed by atoms with E-state index in [1.54, 1.807) is 0 Å². The molecule has 45 heavy (non-hydrogen) atoms. The molecule has 2 saturated heterocycles. The van der Waals surface area contributed by atoms with Gasteiger partial charge in [-0.05, 0) is 25.7 Å². The fraction of sp³-hybridized carbons (Fsp3) is 0.875. The minimum Gasteiger partial charge on any atom is -0.481 e. The van der Waals surface area contributed by atoms with Crippen LogP contribution in [0.15, 0.2) is 0 Å². The molecule has 0 bridgehead atoms. The lowest BCUT2D eigenvalue weighted by Crippen LogP contribution is -2.37. The molecule has 0 aromatic heterocycles. The Morgan fingerprint density at radius 3 is 1.51 bits per heavy atom. The second kappa shape index (κ2) is 24.9. The van der Waals surface area contributed by atoms with Crippen LogP contribution in [0.25, 0.3) is 0 Å². The molecule has 0 unspecified atom stereocenters. The first-order valence-electron chi connectivity index (χ1n) is 16.3. The van der Waals surface area contributed by atoms with Crippen LogP contribution in [0.1, 0.15) is 80.1 Å². The second-order valence-electron chi connectivity index (χ2n) is 13.2. The van der Waals surface area contributed by atoms with Gasteiger partial charge in [0, 0.05) is 82.6 Å². The van der Waals surface area contributed by atoms with E-state index in [1.807, 2.05) is 41.5 Å². The van der Waals surface area contributed by atoms with Crippen molar-refractivity contribution >= 4 is 23.8 Å². The fourth-order valence-electron chi connectivity index (χ4n) is 3.90. The van der Waals surface area contributed by atoms with E-state index in [0.29, 0.717) is 45.6 Å². The van der Waals surface area contributed by atoms with E-state index in [0.717, 1.165) is 78.5 Å². The molecule has 13 nitrogen and oxygen atoms in total. The first-order valence-corrected chi connectivity index (χ1v) is 16.3. The third-order valence-corrected chi connectivity index (χ3v) is 6.78. The molecule has 13 heteroatoms. The van der Waals surface area contributed by atoms with Gasteiger partial charge < -0.3 is 35.1 Å². The van der Waals surface area contributed by atoms with Crippen LogP contribution in [0.3, 0.4) is 0 Å². The topological polar surface area (TPSA) is 167 Å². The molecule has 4 N–H and O–H groups in total. The molecule has 2 aliphatic rings. The number of nitrogens with one attached hydrogen (secondary N) is 2. The van der Waals surface area contributed by atoms with E-state index in [1.165, 1.54) is 0 Å². The van der Waals surface area contributed by atoms with Crippen molar-refractivity contribution in [2.24, 2.45) is 10.8 Å². The number of rotatable bonds is 15. The summed E-state index contributed by atoms with van der Waals surface area (Å²) in [6, 6.07) is 0. The third-order valence-electron chi connectivity index (χ3n) is 6.78. The van der Waals surface area contributed by atoms with Crippen LogP contribution in [0.5, 0.6) is 0 Å². The lowest BCUT2D eigenvalue weighted by molar-refractivity contribution is -0.144. The molecule has 0 spiro atoms. The Kier molecular flexibility index (Phi) is 23.6. The van der Waals surface area contributed by atoms with Gasteiger partial charge >= 0.3 is 11.9 Å². The number of carbonyl (C=O) groups excluding carboxylic acids is 3. The van der Waals surface area contributed by atoms with Gasteiger partial charge in [0.05, 0.1) is 33.0 Å². The molecule has 0 atom stereocenters. The Hall–Kier alpha value is -2.32. The maximum absolute atomic E-state index is 11.6. The summed E-state index contributed by atoms with van der Waals surface area (Å²) in [4.78, 5) is 49.2. The van der Waals surface area contributed by atoms with Crippen LogP contribution in [-0.2, 0) is 33.4 Å². The first-order chi connectivity index (χ1) is 21.2. The van der Waals surface area contributed by atoms with Crippen LogP contribution in [0.2, 0.25) is 0 Å².